The van der Waals surface area contributed by atoms with Gasteiger partial charge in [-0.3, -0.25) is 4.79 Å². The van der Waals surface area contributed by atoms with Gasteiger partial charge >= 0.3 is 5.97 Å². The van der Waals surface area contributed by atoms with E-state index in [0.717, 1.165) is 6.42 Å². The van der Waals surface area contributed by atoms with E-state index in [-0.39, 0.29) is 5.97 Å². The van der Waals surface area contributed by atoms with E-state index in [1.807, 2.05) is 0 Å². The zero-order valence-corrected chi connectivity index (χ0v) is 6.88. The summed E-state index contributed by atoms with van der Waals surface area (Å²) in [6.07, 6.45) is 4.54. The molecule has 0 unspecified atom stereocenters. The summed E-state index contributed by atoms with van der Waals surface area (Å²) in [5, 5.41) is 0. The van der Waals surface area contributed by atoms with Crippen LogP contribution in [0.5, 0.6) is 0 Å². The van der Waals surface area contributed by atoms with Gasteiger partial charge in [0.1, 0.15) is 6.04 Å². The molecule has 11 heavy (non-hydrogen) atoms. The number of carbonyl (C=O) groups excluding carboxylic acids is 1. The Bertz CT molecular complexity index is 143. The van der Waals surface area contributed by atoms with E-state index in [2.05, 4.69) is 4.74 Å². The third-order valence-corrected chi connectivity index (χ3v) is 2.32. The van der Waals surface area contributed by atoms with Crippen molar-refractivity contribution in [2.45, 2.75) is 31.7 Å². The van der Waals surface area contributed by atoms with Gasteiger partial charge in [0.2, 0.25) is 0 Å². The molecule has 0 aliphatic heterocycles. The fourth-order valence-electron chi connectivity index (χ4n) is 1.34. The van der Waals surface area contributed by atoms with Crippen LogP contribution in [0.1, 0.15) is 25.7 Å². The average Bonchev–Trinajstić information content (AvgIpc) is 1.94. The van der Waals surface area contributed by atoms with E-state index in [4.69, 9.17) is 5.73 Å². The first-order chi connectivity index (χ1) is 5.24. The van der Waals surface area contributed by atoms with E-state index in [1.54, 1.807) is 0 Å². The molecule has 1 rings (SSSR count). The van der Waals surface area contributed by atoms with E-state index >= 15 is 0 Å². The number of methoxy groups -OCH3 is 1. The summed E-state index contributed by atoms with van der Waals surface area (Å²) in [7, 11) is 1.38. The minimum absolute atomic E-state index is 0.281. The fourth-order valence-corrected chi connectivity index (χ4v) is 1.34. The molecule has 0 aromatic heterocycles. The lowest BCUT2D eigenvalue weighted by atomic mass is 9.81. The van der Waals surface area contributed by atoms with Crippen molar-refractivity contribution in [3.8, 4) is 0 Å². The van der Waals surface area contributed by atoms with Gasteiger partial charge in [-0.25, -0.2) is 0 Å². The molecule has 0 amide bonds. The van der Waals surface area contributed by atoms with Crippen LogP contribution in [0.3, 0.4) is 0 Å². The molecule has 1 atom stereocenters. The molecule has 0 heterocycles. The maximum absolute atomic E-state index is 10.8. The maximum Gasteiger partial charge on any atom is 0.322 e. The molecule has 1 fully saturated rings. The van der Waals surface area contributed by atoms with E-state index in [0.29, 0.717) is 5.92 Å². The van der Waals surface area contributed by atoms with Crippen molar-refractivity contribution >= 4 is 5.97 Å². The monoisotopic (exact) mass is 157 g/mol. The van der Waals surface area contributed by atoms with Crippen molar-refractivity contribution in [2.75, 3.05) is 7.11 Å². The zero-order valence-electron chi connectivity index (χ0n) is 6.88. The molecule has 64 valence electrons. The lowest BCUT2D eigenvalue weighted by molar-refractivity contribution is -0.142. The topological polar surface area (TPSA) is 52.3 Å². The van der Waals surface area contributed by atoms with Gasteiger partial charge < -0.3 is 10.5 Å². The second-order valence-electron chi connectivity index (χ2n) is 3.16. The number of carbonyl (C=O) groups is 1. The average molecular weight is 157 g/mol. The molecule has 0 spiro atoms. The van der Waals surface area contributed by atoms with Crippen LogP contribution >= 0.6 is 0 Å². The summed E-state index contributed by atoms with van der Waals surface area (Å²) in [4.78, 5) is 10.8. The van der Waals surface area contributed by atoms with Crippen molar-refractivity contribution in [1.29, 1.82) is 0 Å². The summed E-state index contributed by atoms with van der Waals surface area (Å²) < 4.78 is 4.52. The first kappa shape index (κ1) is 8.53. The number of hydrogen-bond acceptors (Lipinski definition) is 3. The highest BCUT2D eigenvalue weighted by Gasteiger charge is 2.23. The molecular formula is C8H15NO2. The molecule has 2 N–H and O–H groups in total. The van der Waals surface area contributed by atoms with Crippen LogP contribution in [0.2, 0.25) is 0 Å². The zero-order chi connectivity index (χ0) is 8.27. The van der Waals surface area contributed by atoms with Crippen LogP contribution in [0, 0.1) is 5.92 Å². The van der Waals surface area contributed by atoms with Crippen LogP contribution < -0.4 is 5.73 Å². The largest absolute Gasteiger partial charge is 0.468 e. The lowest BCUT2D eigenvalue weighted by Crippen LogP contribution is -2.35. The normalized spacial score (nSPS) is 20.5. The third kappa shape index (κ3) is 2.19. The van der Waals surface area contributed by atoms with Gasteiger partial charge in [0.15, 0.2) is 0 Å². The van der Waals surface area contributed by atoms with Crippen LogP contribution in [-0.2, 0) is 9.53 Å². The van der Waals surface area contributed by atoms with Crippen molar-refractivity contribution in [2.24, 2.45) is 11.7 Å². The third-order valence-electron chi connectivity index (χ3n) is 2.32. The van der Waals surface area contributed by atoms with Crippen LogP contribution in [-0.4, -0.2) is 19.1 Å². The fraction of sp³-hybridized carbons (Fsp3) is 0.875. The first-order valence-corrected chi connectivity index (χ1v) is 4.07. The van der Waals surface area contributed by atoms with Gasteiger partial charge in [-0.1, -0.05) is 19.3 Å². The number of ether oxygens (including phenoxy) is 1. The quantitative estimate of drug-likeness (QED) is 0.613. The highest BCUT2D eigenvalue weighted by molar-refractivity contribution is 5.75. The molecule has 0 aromatic rings. The first-order valence-electron chi connectivity index (χ1n) is 4.07. The van der Waals surface area contributed by atoms with Crippen molar-refractivity contribution in [3.05, 3.63) is 0 Å². The van der Waals surface area contributed by atoms with E-state index < -0.39 is 6.04 Å². The van der Waals surface area contributed by atoms with Gasteiger partial charge in [-0.15, -0.1) is 0 Å². The van der Waals surface area contributed by atoms with Crippen molar-refractivity contribution in [3.63, 3.8) is 0 Å². The molecule has 1 aliphatic carbocycles. The van der Waals surface area contributed by atoms with Crippen LogP contribution in [0.15, 0.2) is 0 Å². The molecule has 1 saturated carbocycles. The summed E-state index contributed by atoms with van der Waals surface area (Å²) >= 11 is 0. The summed E-state index contributed by atoms with van der Waals surface area (Å²) in [6, 6.07) is -0.398. The Labute approximate surface area is 66.9 Å². The second kappa shape index (κ2) is 3.72. The molecule has 3 heteroatoms. The standard InChI is InChI=1S/C8H15NO2/c1-11-8(10)7(9)5-6-3-2-4-6/h6-7H,2-5,9H2,1H3/t7-/m1/s1. The minimum atomic E-state index is -0.398. The molecule has 0 aromatic carbocycles. The molecule has 0 bridgehead atoms. The lowest BCUT2D eigenvalue weighted by Gasteiger charge is -2.26. The summed E-state index contributed by atoms with van der Waals surface area (Å²) in [6.45, 7) is 0. The minimum Gasteiger partial charge on any atom is -0.468 e. The highest BCUT2D eigenvalue weighted by atomic mass is 16.5. The Hall–Kier alpha value is -0.570. The maximum atomic E-state index is 10.8. The molecule has 1 aliphatic rings. The Morgan fingerprint density at radius 1 is 1.73 bits per heavy atom. The van der Waals surface area contributed by atoms with Gasteiger partial charge in [0.05, 0.1) is 7.11 Å². The Balaban J connectivity index is 2.18. The van der Waals surface area contributed by atoms with Crippen molar-refractivity contribution < 1.29 is 9.53 Å². The van der Waals surface area contributed by atoms with Gasteiger partial charge in [0, 0.05) is 0 Å². The predicted octanol–water partition coefficient (Wildman–Crippen LogP) is 0.677. The summed E-state index contributed by atoms with van der Waals surface area (Å²) in [5.41, 5.74) is 5.56. The molecular weight excluding hydrogens is 142 g/mol. The van der Waals surface area contributed by atoms with Crippen LogP contribution in [0.4, 0.5) is 0 Å². The molecule has 0 radical (unpaired) electrons. The smallest absolute Gasteiger partial charge is 0.322 e. The van der Waals surface area contributed by atoms with E-state index in [9.17, 15) is 4.79 Å². The predicted molar refractivity (Wildman–Crippen MR) is 41.9 cm³/mol. The van der Waals surface area contributed by atoms with E-state index in [1.165, 1.54) is 26.4 Å². The number of rotatable bonds is 3. The highest BCUT2D eigenvalue weighted by Crippen LogP contribution is 2.30. The number of hydrogen-bond donors (Lipinski definition) is 1. The van der Waals surface area contributed by atoms with Gasteiger partial charge in [-0.05, 0) is 12.3 Å². The molecule has 0 saturated heterocycles. The second-order valence-corrected chi connectivity index (χ2v) is 3.16. The van der Waals surface area contributed by atoms with Crippen molar-refractivity contribution in [1.82, 2.24) is 0 Å². The van der Waals surface area contributed by atoms with Gasteiger partial charge in [-0.2, -0.15) is 0 Å². The Morgan fingerprint density at radius 2 is 2.36 bits per heavy atom. The number of esters is 1. The SMILES string of the molecule is COC(=O)[C@H](N)CC1CCC1. The van der Waals surface area contributed by atoms with Gasteiger partial charge in [0.25, 0.3) is 0 Å². The summed E-state index contributed by atoms with van der Waals surface area (Å²) in [5.74, 6) is 0.390. The molecule has 3 nitrogen and oxygen atoms in total. The Morgan fingerprint density at radius 3 is 2.73 bits per heavy atom. The van der Waals surface area contributed by atoms with Crippen LogP contribution in [0.25, 0.3) is 0 Å². The Kier molecular flexibility index (Phi) is 2.88. The number of nitrogens with two attached hydrogens (primary N) is 1.